The number of methoxy groups -OCH3 is 1. The summed E-state index contributed by atoms with van der Waals surface area (Å²) in [6.07, 6.45) is 3.76. The Labute approximate surface area is 143 Å². The summed E-state index contributed by atoms with van der Waals surface area (Å²) >= 11 is 0. The Morgan fingerprint density at radius 2 is 1.96 bits per heavy atom. The van der Waals surface area contributed by atoms with Crippen molar-refractivity contribution in [1.82, 2.24) is 10.3 Å². The van der Waals surface area contributed by atoms with Crippen LogP contribution >= 0.6 is 0 Å². The average molecular weight is 333 g/mol. The smallest absolute Gasteiger partial charge is 0.407 e. The van der Waals surface area contributed by atoms with Crippen molar-refractivity contribution in [2.24, 2.45) is 11.8 Å². The Kier molecular flexibility index (Phi) is 4.56. The van der Waals surface area contributed by atoms with Gasteiger partial charge in [-0.1, -0.05) is 0 Å². The number of piperidine rings is 1. The second kappa shape index (κ2) is 6.49. The molecule has 3 rings (SSSR count). The van der Waals surface area contributed by atoms with Crippen LogP contribution in [0.1, 0.15) is 33.6 Å². The molecular weight excluding hydrogens is 306 g/mol. The number of fused-ring (bicyclic) bond motifs is 2. The van der Waals surface area contributed by atoms with Crippen LogP contribution in [0.15, 0.2) is 18.3 Å². The summed E-state index contributed by atoms with van der Waals surface area (Å²) in [5.41, 5.74) is 0.673. The largest absolute Gasteiger partial charge is 0.481 e. The van der Waals surface area contributed by atoms with Gasteiger partial charge in [-0.05, 0) is 51.5 Å². The summed E-state index contributed by atoms with van der Waals surface area (Å²) in [5.74, 6) is 1.54. The fourth-order valence-corrected chi connectivity index (χ4v) is 3.82. The van der Waals surface area contributed by atoms with Crippen molar-refractivity contribution >= 4 is 11.8 Å². The molecule has 1 aliphatic carbocycles. The van der Waals surface area contributed by atoms with Crippen LogP contribution in [0.25, 0.3) is 0 Å². The number of hydrogen-bond acceptors (Lipinski definition) is 5. The van der Waals surface area contributed by atoms with Crippen LogP contribution in [-0.2, 0) is 4.74 Å². The van der Waals surface area contributed by atoms with Crippen molar-refractivity contribution in [1.29, 1.82) is 0 Å². The van der Waals surface area contributed by atoms with Crippen molar-refractivity contribution in [3.63, 3.8) is 0 Å². The van der Waals surface area contributed by atoms with Gasteiger partial charge in [-0.3, -0.25) is 0 Å². The van der Waals surface area contributed by atoms with E-state index in [4.69, 9.17) is 9.47 Å². The molecule has 2 heterocycles. The topological polar surface area (TPSA) is 63.7 Å². The number of ether oxygens (including phenoxy) is 2. The van der Waals surface area contributed by atoms with Crippen LogP contribution in [0.4, 0.5) is 10.5 Å². The fraction of sp³-hybridized carbons (Fsp3) is 0.667. The van der Waals surface area contributed by atoms with Crippen molar-refractivity contribution in [3.05, 3.63) is 18.3 Å². The van der Waals surface area contributed by atoms with E-state index in [1.54, 1.807) is 13.3 Å². The van der Waals surface area contributed by atoms with Crippen LogP contribution in [0.3, 0.4) is 0 Å². The number of hydrogen-bond donors (Lipinski definition) is 1. The highest BCUT2D eigenvalue weighted by Gasteiger charge is 2.43. The van der Waals surface area contributed by atoms with Crippen molar-refractivity contribution in [2.45, 2.75) is 45.3 Å². The molecule has 2 bridgehead atoms. The van der Waals surface area contributed by atoms with Gasteiger partial charge < -0.3 is 19.7 Å². The molecule has 1 aliphatic heterocycles. The Morgan fingerprint density at radius 1 is 1.29 bits per heavy atom. The minimum Gasteiger partial charge on any atom is -0.481 e. The number of alkyl carbamates (subject to hydrolysis) is 1. The molecule has 1 aromatic heterocycles. The fourth-order valence-electron chi connectivity index (χ4n) is 3.82. The zero-order chi connectivity index (χ0) is 17.3. The van der Waals surface area contributed by atoms with Crippen LogP contribution < -0.4 is 15.0 Å². The van der Waals surface area contributed by atoms with Gasteiger partial charge in [0.25, 0.3) is 0 Å². The molecule has 2 fully saturated rings. The van der Waals surface area contributed by atoms with E-state index >= 15 is 0 Å². The molecule has 132 valence electrons. The monoisotopic (exact) mass is 333 g/mol. The summed E-state index contributed by atoms with van der Waals surface area (Å²) in [7, 11) is 1.63. The van der Waals surface area contributed by atoms with Gasteiger partial charge in [-0.25, -0.2) is 9.78 Å². The van der Waals surface area contributed by atoms with Crippen molar-refractivity contribution < 1.29 is 14.3 Å². The maximum atomic E-state index is 12.1. The summed E-state index contributed by atoms with van der Waals surface area (Å²) in [5, 5.41) is 3.11. The molecule has 0 aromatic carbocycles. The lowest BCUT2D eigenvalue weighted by Crippen LogP contribution is -2.53. The second-order valence-corrected chi connectivity index (χ2v) is 7.73. The number of carbonyl (C=O) groups excluding carboxylic acids is 1. The van der Waals surface area contributed by atoms with Gasteiger partial charge in [0.2, 0.25) is 5.88 Å². The molecule has 6 heteroatoms. The number of nitrogens with one attached hydrogen (secondary N) is 1. The molecule has 0 radical (unpaired) electrons. The van der Waals surface area contributed by atoms with E-state index in [-0.39, 0.29) is 12.1 Å². The maximum Gasteiger partial charge on any atom is 0.407 e. The first-order valence-corrected chi connectivity index (χ1v) is 8.60. The van der Waals surface area contributed by atoms with E-state index in [0.717, 1.165) is 31.6 Å². The summed E-state index contributed by atoms with van der Waals surface area (Å²) in [6.45, 7) is 7.54. The number of nitrogens with zero attached hydrogens (tertiary/aromatic N) is 2. The highest BCUT2D eigenvalue weighted by Crippen LogP contribution is 2.39. The highest BCUT2D eigenvalue weighted by atomic mass is 16.6. The first kappa shape index (κ1) is 16.9. The lowest BCUT2D eigenvalue weighted by atomic mass is 9.92. The molecule has 1 saturated heterocycles. The zero-order valence-corrected chi connectivity index (χ0v) is 14.9. The Balaban J connectivity index is 1.65. The van der Waals surface area contributed by atoms with E-state index in [9.17, 15) is 4.79 Å². The molecule has 0 spiro atoms. The molecule has 1 saturated carbocycles. The summed E-state index contributed by atoms with van der Waals surface area (Å²) < 4.78 is 10.6. The zero-order valence-electron chi connectivity index (χ0n) is 14.9. The summed E-state index contributed by atoms with van der Waals surface area (Å²) in [4.78, 5) is 18.7. The van der Waals surface area contributed by atoms with Crippen LogP contribution in [-0.4, -0.2) is 42.9 Å². The number of carbonyl (C=O) groups is 1. The third kappa shape index (κ3) is 3.74. The predicted octanol–water partition coefficient (Wildman–Crippen LogP) is 2.83. The predicted molar refractivity (Wildman–Crippen MR) is 92.4 cm³/mol. The van der Waals surface area contributed by atoms with Gasteiger partial charge in [-0.2, -0.15) is 0 Å². The molecule has 2 atom stereocenters. The van der Waals surface area contributed by atoms with Crippen LogP contribution in [0.2, 0.25) is 0 Å². The Morgan fingerprint density at radius 3 is 2.54 bits per heavy atom. The molecule has 24 heavy (non-hydrogen) atoms. The maximum absolute atomic E-state index is 12.1. The number of aromatic nitrogens is 1. The summed E-state index contributed by atoms with van der Waals surface area (Å²) in [6, 6.07) is 4.20. The standard InChI is InChI=1S/C18H27N3O3/c1-18(2,3)24-17(22)20-16-12-5-6-13(16)11-21(10-12)14-7-8-19-15(9-14)23-4/h7-9,12-13,16H,5-6,10-11H2,1-4H3,(H,20,22). The minimum absolute atomic E-state index is 0.208. The van der Waals surface area contributed by atoms with Gasteiger partial charge in [0, 0.05) is 37.1 Å². The van der Waals surface area contributed by atoms with E-state index in [1.807, 2.05) is 32.9 Å². The van der Waals surface area contributed by atoms with Gasteiger partial charge in [0.15, 0.2) is 0 Å². The molecule has 6 nitrogen and oxygen atoms in total. The van der Waals surface area contributed by atoms with Crippen molar-refractivity contribution in [2.75, 3.05) is 25.1 Å². The Hall–Kier alpha value is -1.98. The van der Waals surface area contributed by atoms with E-state index in [0.29, 0.717) is 17.7 Å². The first-order valence-electron chi connectivity index (χ1n) is 8.60. The SMILES string of the molecule is COc1cc(N2CC3CCC(C2)C3NC(=O)OC(C)(C)C)ccn1. The highest BCUT2D eigenvalue weighted by molar-refractivity contribution is 5.68. The lowest BCUT2D eigenvalue weighted by molar-refractivity contribution is 0.0472. The van der Waals surface area contributed by atoms with Gasteiger partial charge in [-0.15, -0.1) is 0 Å². The molecule has 1 aromatic rings. The first-order chi connectivity index (χ1) is 11.4. The van der Waals surface area contributed by atoms with E-state index in [2.05, 4.69) is 15.2 Å². The average Bonchev–Trinajstić information content (AvgIpc) is 2.75. The lowest BCUT2D eigenvalue weighted by Gasteiger charge is -2.39. The number of anilines is 1. The van der Waals surface area contributed by atoms with Crippen molar-refractivity contribution in [3.8, 4) is 5.88 Å². The van der Waals surface area contributed by atoms with Gasteiger partial charge in [0.1, 0.15) is 5.60 Å². The number of rotatable bonds is 3. The van der Waals surface area contributed by atoms with E-state index in [1.165, 1.54) is 0 Å². The minimum atomic E-state index is -0.461. The van der Waals surface area contributed by atoms with Crippen LogP contribution in [0.5, 0.6) is 5.88 Å². The van der Waals surface area contributed by atoms with Gasteiger partial charge in [0.05, 0.1) is 7.11 Å². The molecular formula is C18H27N3O3. The Bertz CT molecular complexity index is 585. The molecule has 2 aliphatic rings. The second-order valence-electron chi connectivity index (χ2n) is 7.73. The number of pyridine rings is 1. The molecule has 2 unspecified atom stereocenters. The third-order valence-corrected chi connectivity index (χ3v) is 4.81. The number of amides is 1. The molecule has 1 amide bonds. The normalized spacial score (nSPS) is 26.2. The third-order valence-electron chi connectivity index (χ3n) is 4.81. The molecule has 1 N–H and O–H groups in total. The van der Waals surface area contributed by atoms with E-state index < -0.39 is 5.60 Å². The quantitative estimate of drug-likeness (QED) is 0.921. The van der Waals surface area contributed by atoms with Gasteiger partial charge >= 0.3 is 6.09 Å². The van der Waals surface area contributed by atoms with Crippen LogP contribution in [0, 0.1) is 11.8 Å².